The molecule has 1 aromatic carbocycles. The Hall–Kier alpha value is -1.17. The van der Waals surface area contributed by atoms with Crippen LogP contribution in [-0.4, -0.2) is 43.0 Å². The molecular formula is C13H17ClFN3O. The van der Waals surface area contributed by atoms with Gasteiger partial charge in [-0.2, -0.15) is 0 Å². The van der Waals surface area contributed by atoms with E-state index in [1.807, 2.05) is 6.92 Å². The highest BCUT2D eigenvalue weighted by Crippen LogP contribution is 2.22. The Labute approximate surface area is 116 Å². The third-order valence-corrected chi connectivity index (χ3v) is 3.58. The average molecular weight is 286 g/mol. The highest BCUT2D eigenvalue weighted by Gasteiger charge is 2.23. The lowest BCUT2D eigenvalue weighted by atomic mass is 10.2. The summed E-state index contributed by atoms with van der Waals surface area (Å²) in [6.07, 6.45) is 0. The number of carbonyl (C=O) groups excluding carboxylic acids is 1. The van der Waals surface area contributed by atoms with Crippen molar-refractivity contribution in [1.29, 1.82) is 0 Å². The summed E-state index contributed by atoms with van der Waals surface area (Å²) in [6, 6.07) is 4.27. The molecule has 1 unspecified atom stereocenters. The summed E-state index contributed by atoms with van der Waals surface area (Å²) >= 11 is 5.68. The van der Waals surface area contributed by atoms with Gasteiger partial charge in [-0.3, -0.25) is 9.69 Å². The van der Waals surface area contributed by atoms with Crippen LogP contribution in [0.3, 0.4) is 0 Å². The molecule has 6 heteroatoms. The van der Waals surface area contributed by atoms with Gasteiger partial charge in [0.1, 0.15) is 0 Å². The van der Waals surface area contributed by atoms with E-state index < -0.39 is 5.82 Å². The minimum absolute atomic E-state index is 0.00706. The number of nitrogens with zero attached hydrogens (tertiary/aromatic N) is 1. The third-order valence-electron chi connectivity index (χ3n) is 3.29. The molecule has 104 valence electrons. The maximum absolute atomic E-state index is 13.7. The fourth-order valence-electron chi connectivity index (χ4n) is 2.07. The number of carbonyl (C=O) groups is 1. The van der Waals surface area contributed by atoms with Crippen molar-refractivity contribution in [3.05, 3.63) is 29.0 Å². The number of piperazine rings is 1. The molecule has 0 saturated carbocycles. The molecule has 2 N–H and O–H groups in total. The second kappa shape index (κ2) is 6.32. The zero-order valence-corrected chi connectivity index (χ0v) is 11.5. The van der Waals surface area contributed by atoms with Crippen LogP contribution in [0.4, 0.5) is 10.1 Å². The summed E-state index contributed by atoms with van der Waals surface area (Å²) in [4.78, 5) is 14.2. The lowest BCUT2D eigenvalue weighted by Gasteiger charge is -2.31. The van der Waals surface area contributed by atoms with Gasteiger partial charge in [0.25, 0.3) is 0 Å². The summed E-state index contributed by atoms with van der Waals surface area (Å²) in [7, 11) is 0. The van der Waals surface area contributed by atoms with Crippen molar-refractivity contribution in [3.8, 4) is 0 Å². The molecular weight excluding hydrogens is 269 g/mol. The maximum Gasteiger partial charge on any atom is 0.241 e. The van der Waals surface area contributed by atoms with E-state index >= 15 is 0 Å². The minimum atomic E-state index is -0.593. The van der Waals surface area contributed by atoms with Crippen LogP contribution in [0.15, 0.2) is 18.2 Å². The van der Waals surface area contributed by atoms with Crippen LogP contribution in [0.5, 0.6) is 0 Å². The molecule has 0 radical (unpaired) electrons. The first-order chi connectivity index (χ1) is 9.09. The van der Waals surface area contributed by atoms with Crippen LogP contribution in [0.1, 0.15) is 6.92 Å². The Balaban J connectivity index is 2.01. The van der Waals surface area contributed by atoms with Gasteiger partial charge in [0, 0.05) is 26.2 Å². The molecule has 0 aliphatic carbocycles. The number of rotatable bonds is 3. The van der Waals surface area contributed by atoms with E-state index in [0.717, 1.165) is 26.2 Å². The minimum Gasteiger partial charge on any atom is -0.322 e. The summed E-state index contributed by atoms with van der Waals surface area (Å²) < 4.78 is 13.7. The topological polar surface area (TPSA) is 44.4 Å². The third kappa shape index (κ3) is 3.43. The van der Waals surface area contributed by atoms with Crippen molar-refractivity contribution in [2.45, 2.75) is 13.0 Å². The number of nitrogens with one attached hydrogen (secondary N) is 2. The standard InChI is InChI=1S/C13H17ClFN3O/c1-9(18-7-5-16-6-8-18)13(19)17-11-4-2-3-10(14)12(11)15/h2-4,9,16H,5-8H2,1H3,(H,17,19). The molecule has 1 atom stereocenters. The van der Waals surface area contributed by atoms with Gasteiger partial charge in [0.2, 0.25) is 5.91 Å². The largest absolute Gasteiger partial charge is 0.322 e. The van der Waals surface area contributed by atoms with E-state index in [9.17, 15) is 9.18 Å². The number of hydrogen-bond donors (Lipinski definition) is 2. The number of halogens is 2. The first-order valence-corrected chi connectivity index (χ1v) is 6.67. The first kappa shape index (κ1) is 14.2. The van der Waals surface area contributed by atoms with E-state index in [1.54, 1.807) is 6.07 Å². The second-order valence-corrected chi connectivity index (χ2v) is 4.96. The molecule has 0 bridgehead atoms. The maximum atomic E-state index is 13.7. The summed E-state index contributed by atoms with van der Waals surface area (Å²) in [5, 5.41) is 5.82. The van der Waals surface area contributed by atoms with Crippen LogP contribution in [0, 0.1) is 5.82 Å². The van der Waals surface area contributed by atoms with Gasteiger partial charge in [-0.25, -0.2) is 4.39 Å². The van der Waals surface area contributed by atoms with Crippen LogP contribution < -0.4 is 10.6 Å². The van der Waals surface area contributed by atoms with Crippen molar-refractivity contribution in [2.75, 3.05) is 31.5 Å². The number of anilines is 1. The van der Waals surface area contributed by atoms with Crippen molar-refractivity contribution in [2.24, 2.45) is 0 Å². The van der Waals surface area contributed by atoms with Gasteiger partial charge in [-0.15, -0.1) is 0 Å². The molecule has 1 aromatic rings. The van der Waals surface area contributed by atoms with E-state index in [2.05, 4.69) is 15.5 Å². The molecule has 2 rings (SSSR count). The molecule has 0 aromatic heterocycles. The van der Waals surface area contributed by atoms with E-state index in [-0.39, 0.29) is 22.7 Å². The summed E-state index contributed by atoms with van der Waals surface area (Å²) in [5.41, 5.74) is 0.125. The predicted octanol–water partition coefficient (Wildman–Crippen LogP) is 1.71. The van der Waals surface area contributed by atoms with Crippen LogP contribution in [0.25, 0.3) is 0 Å². The monoisotopic (exact) mass is 285 g/mol. The van der Waals surface area contributed by atoms with Crippen molar-refractivity contribution in [1.82, 2.24) is 10.2 Å². The molecule has 1 aliphatic rings. The normalized spacial score (nSPS) is 18.1. The fourth-order valence-corrected chi connectivity index (χ4v) is 2.25. The van der Waals surface area contributed by atoms with Gasteiger partial charge in [0.05, 0.1) is 16.8 Å². The fraction of sp³-hybridized carbons (Fsp3) is 0.462. The van der Waals surface area contributed by atoms with Crippen LogP contribution in [-0.2, 0) is 4.79 Å². The van der Waals surface area contributed by atoms with Gasteiger partial charge < -0.3 is 10.6 Å². The zero-order chi connectivity index (χ0) is 13.8. The van der Waals surface area contributed by atoms with Crippen LogP contribution in [0.2, 0.25) is 5.02 Å². The lowest BCUT2D eigenvalue weighted by molar-refractivity contribution is -0.121. The molecule has 1 heterocycles. The number of hydrogen-bond acceptors (Lipinski definition) is 3. The first-order valence-electron chi connectivity index (χ1n) is 6.29. The molecule has 19 heavy (non-hydrogen) atoms. The van der Waals surface area contributed by atoms with Crippen molar-refractivity contribution >= 4 is 23.2 Å². The number of amides is 1. The Kier molecular flexibility index (Phi) is 4.74. The summed E-state index contributed by atoms with van der Waals surface area (Å²) in [6.45, 7) is 5.18. The van der Waals surface area contributed by atoms with E-state index in [1.165, 1.54) is 12.1 Å². The predicted molar refractivity (Wildman–Crippen MR) is 73.9 cm³/mol. The number of benzene rings is 1. The van der Waals surface area contributed by atoms with Gasteiger partial charge >= 0.3 is 0 Å². The Morgan fingerprint density at radius 3 is 2.84 bits per heavy atom. The Morgan fingerprint density at radius 1 is 1.47 bits per heavy atom. The lowest BCUT2D eigenvalue weighted by Crippen LogP contribution is -2.51. The smallest absolute Gasteiger partial charge is 0.241 e. The zero-order valence-electron chi connectivity index (χ0n) is 10.7. The molecule has 1 amide bonds. The van der Waals surface area contributed by atoms with Gasteiger partial charge in [-0.05, 0) is 19.1 Å². The second-order valence-electron chi connectivity index (χ2n) is 4.55. The Bertz CT molecular complexity index is 463. The van der Waals surface area contributed by atoms with Gasteiger partial charge in [0.15, 0.2) is 5.82 Å². The molecule has 1 fully saturated rings. The quantitative estimate of drug-likeness (QED) is 0.889. The highest BCUT2D eigenvalue weighted by molar-refractivity contribution is 6.31. The Morgan fingerprint density at radius 2 is 2.16 bits per heavy atom. The van der Waals surface area contributed by atoms with Crippen molar-refractivity contribution < 1.29 is 9.18 Å². The van der Waals surface area contributed by atoms with Gasteiger partial charge in [-0.1, -0.05) is 17.7 Å². The SMILES string of the molecule is CC(C(=O)Nc1cccc(Cl)c1F)N1CCNCC1. The summed E-state index contributed by atoms with van der Waals surface area (Å²) in [5.74, 6) is -0.812. The van der Waals surface area contributed by atoms with Crippen molar-refractivity contribution in [3.63, 3.8) is 0 Å². The average Bonchev–Trinajstić information content (AvgIpc) is 2.44. The molecule has 1 saturated heterocycles. The molecule has 1 aliphatic heterocycles. The van der Waals surface area contributed by atoms with E-state index in [0.29, 0.717) is 0 Å². The van der Waals surface area contributed by atoms with E-state index in [4.69, 9.17) is 11.6 Å². The highest BCUT2D eigenvalue weighted by atomic mass is 35.5. The van der Waals surface area contributed by atoms with Crippen LogP contribution >= 0.6 is 11.6 Å². The molecule has 0 spiro atoms. The molecule has 4 nitrogen and oxygen atoms in total.